The van der Waals surface area contributed by atoms with Gasteiger partial charge < -0.3 is 4.98 Å². The zero-order chi connectivity index (χ0) is 12.6. The first-order valence-electron chi connectivity index (χ1n) is 4.83. The van der Waals surface area contributed by atoms with Gasteiger partial charge in [0, 0.05) is 29.1 Å². The highest BCUT2D eigenvalue weighted by Gasteiger charge is 2.08. The monoisotopic (exact) mass is 287 g/mol. The molecule has 88 valence electrons. The van der Waals surface area contributed by atoms with Crippen LogP contribution in [0.2, 0.25) is 15.1 Å². The molecule has 2 aromatic rings. The van der Waals surface area contributed by atoms with Crippen LogP contribution in [0.15, 0.2) is 29.2 Å². The average molecular weight is 289 g/mol. The Balaban J connectivity index is 2.61. The van der Waals surface area contributed by atoms with E-state index < -0.39 is 0 Å². The van der Waals surface area contributed by atoms with Gasteiger partial charge in [-0.25, -0.2) is 0 Å². The van der Waals surface area contributed by atoms with E-state index in [9.17, 15) is 4.79 Å². The molecule has 17 heavy (non-hydrogen) atoms. The lowest BCUT2D eigenvalue weighted by atomic mass is 10.1. The summed E-state index contributed by atoms with van der Waals surface area (Å²) >= 11 is 17.7. The number of H-pyrrole nitrogens is 1. The minimum Gasteiger partial charge on any atom is -0.361 e. The minimum absolute atomic E-state index is 0.0408. The first kappa shape index (κ1) is 12.5. The van der Waals surface area contributed by atoms with E-state index in [1.807, 2.05) is 0 Å². The van der Waals surface area contributed by atoms with Crippen molar-refractivity contribution in [1.29, 1.82) is 0 Å². The molecule has 0 fully saturated rings. The van der Waals surface area contributed by atoms with Crippen molar-refractivity contribution in [3.05, 3.63) is 55.3 Å². The van der Waals surface area contributed by atoms with Crippen molar-refractivity contribution < 1.29 is 0 Å². The van der Waals surface area contributed by atoms with Gasteiger partial charge in [-0.3, -0.25) is 4.79 Å². The maximum absolute atomic E-state index is 11.5. The van der Waals surface area contributed by atoms with Crippen LogP contribution in [-0.2, 0) is 0 Å². The molecule has 1 heterocycles. The Kier molecular flexibility index (Phi) is 3.48. The van der Waals surface area contributed by atoms with Crippen LogP contribution in [-0.4, -0.2) is 4.98 Å². The predicted octanol–water partition coefficient (Wildman–Crippen LogP) is 4.31. The molecule has 0 saturated heterocycles. The molecule has 0 unspecified atom stereocenters. The molecule has 1 aromatic heterocycles. The third-order valence-electron chi connectivity index (χ3n) is 2.40. The minimum atomic E-state index is -0.0408. The first-order chi connectivity index (χ1) is 7.99. The van der Waals surface area contributed by atoms with Gasteiger partial charge in [0.25, 0.3) is 0 Å². The Morgan fingerprint density at radius 3 is 2.18 bits per heavy atom. The number of pyridine rings is 1. The van der Waals surface area contributed by atoms with Gasteiger partial charge in [0.1, 0.15) is 0 Å². The number of nitrogens with one attached hydrogen (secondary N) is 1. The fraction of sp³-hybridized carbons (Fsp3) is 0.0833. The summed E-state index contributed by atoms with van der Waals surface area (Å²) in [6.07, 6.45) is 1.65. The van der Waals surface area contributed by atoms with E-state index in [0.717, 1.165) is 5.56 Å². The SMILES string of the molecule is Cc1c[nH]c(-c2cc(Cl)c(Cl)c(Cl)c2)cc1=O. The number of aromatic nitrogens is 1. The molecule has 1 aromatic carbocycles. The number of halogens is 3. The third-order valence-corrected chi connectivity index (χ3v) is 3.60. The molecule has 0 amide bonds. The fourth-order valence-corrected chi connectivity index (χ4v) is 2.02. The average Bonchev–Trinajstić information content (AvgIpc) is 2.29. The van der Waals surface area contributed by atoms with Crippen molar-refractivity contribution in [3.8, 4) is 11.3 Å². The highest BCUT2D eigenvalue weighted by Crippen LogP contribution is 2.34. The lowest BCUT2D eigenvalue weighted by molar-refractivity contribution is 1.24. The number of rotatable bonds is 1. The molecule has 0 spiro atoms. The van der Waals surface area contributed by atoms with Gasteiger partial charge in [-0.15, -0.1) is 0 Å². The largest absolute Gasteiger partial charge is 0.361 e. The maximum Gasteiger partial charge on any atom is 0.185 e. The molecule has 5 heteroatoms. The molecule has 0 atom stereocenters. The van der Waals surface area contributed by atoms with Crippen LogP contribution >= 0.6 is 34.8 Å². The quantitative estimate of drug-likeness (QED) is 0.779. The molecule has 0 bridgehead atoms. The molecular weight excluding hydrogens is 280 g/mol. The molecule has 2 nitrogen and oxygen atoms in total. The second-order valence-electron chi connectivity index (χ2n) is 3.65. The van der Waals surface area contributed by atoms with Crippen LogP contribution in [0.5, 0.6) is 0 Å². The van der Waals surface area contributed by atoms with Crippen molar-refractivity contribution in [1.82, 2.24) is 4.98 Å². The molecular formula is C12H8Cl3NO. The standard InChI is InChI=1S/C12H8Cl3NO/c1-6-5-16-10(4-11(6)17)7-2-8(13)12(15)9(14)3-7/h2-5H,1H3,(H,16,17). The van der Waals surface area contributed by atoms with E-state index in [1.165, 1.54) is 6.07 Å². The van der Waals surface area contributed by atoms with Gasteiger partial charge in [0.2, 0.25) is 0 Å². The maximum atomic E-state index is 11.5. The van der Waals surface area contributed by atoms with Gasteiger partial charge in [0.05, 0.1) is 15.1 Å². The summed E-state index contributed by atoms with van der Waals surface area (Å²) in [5.41, 5.74) is 1.99. The highest BCUT2D eigenvalue weighted by atomic mass is 35.5. The van der Waals surface area contributed by atoms with E-state index >= 15 is 0 Å². The predicted molar refractivity (Wildman–Crippen MR) is 72.3 cm³/mol. The van der Waals surface area contributed by atoms with Gasteiger partial charge in [-0.1, -0.05) is 34.8 Å². The second-order valence-corrected chi connectivity index (χ2v) is 4.84. The first-order valence-corrected chi connectivity index (χ1v) is 5.96. The van der Waals surface area contributed by atoms with Gasteiger partial charge in [-0.2, -0.15) is 0 Å². The Morgan fingerprint density at radius 2 is 1.65 bits per heavy atom. The number of aryl methyl sites for hydroxylation is 1. The van der Waals surface area contributed by atoms with Crippen LogP contribution in [0.1, 0.15) is 5.56 Å². The van der Waals surface area contributed by atoms with Crippen LogP contribution < -0.4 is 5.43 Å². The third kappa shape index (κ3) is 2.49. The topological polar surface area (TPSA) is 32.9 Å². The van der Waals surface area contributed by atoms with E-state index in [1.54, 1.807) is 25.3 Å². The van der Waals surface area contributed by atoms with Gasteiger partial charge in [-0.05, 0) is 19.1 Å². The molecule has 0 aliphatic heterocycles. The van der Waals surface area contributed by atoms with Crippen molar-refractivity contribution in [2.24, 2.45) is 0 Å². The van der Waals surface area contributed by atoms with Crippen molar-refractivity contribution in [2.45, 2.75) is 6.92 Å². The lowest BCUT2D eigenvalue weighted by Gasteiger charge is -2.06. The van der Waals surface area contributed by atoms with Crippen LogP contribution in [0.3, 0.4) is 0 Å². The van der Waals surface area contributed by atoms with Crippen LogP contribution in [0.25, 0.3) is 11.3 Å². The number of benzene rings is 1. The summed E-state index contributed by atoms with van der Waals surface area (Å²) in [5.74, 6) is 0. The Bertz CT molecular complexity index is 611. The highest BCUT2D eigenvalue weighted by molar-refractivity contribution is 6.48. The Labute approximate surface area is 113 Å². The summed E-state index contributed by atoms with van der Waals surface area (Å²) in [7, 11) is 0. The van der Waals surface area contributed by atoms with Crippen molar-refractivity contribution >= 4 is 34.8 Å². The van der Waals surface area contributed by atoms with E-state index in [2.05, 4.69) is 4.98 Å². The molecule has 0 saturated carbocycles. The van der Waals surface area contributed by atoms with E-state index in [0.29, 0.717) is 26.3 Å². The van der Waals surface area contributed by atoms with Crippen molar-refractivity contribution in [3.63, 3.8) is 0 Å². The molecule has 0 aliphatic rings. The van der Waals surface area contributed by atoms with Crippen molar-refractivity contribution in [2.75, 3.05) is 0 Å². The fourth-order valence-electron chi connectivity index (χ4n) is 1.42. The Hall–Kier alpha value is -0.960. The number of hydrogen-bond donors (Lipinski definition) is 1. The second kappa shape index (κ2) is 4.73. The zero-order valence-electron chi connectivity index (χ0n) is 8.85. The smallest absolute Gasteiger partial charge is 0.185 e. The van der Waals surface area contributed by atoms with Crippen LogP contribution in [0.4, 0.5) is 0 Å². The number of hydrogen-bond acceptors (Lipinski definition) is 1. The van der Waals surface area contributed by atoms with E-state index in [4.69, 9.17) is 34.8 Å². The molecule has 1 N–H and O–H groups in total. The number of aromatic amines is 1. The van der Waals surface area contributed by atoms with E-state index in [-0.39, 0.29) is 5.43 Å². The summed E-state index contributed by atoms with van der Waals surface area (Å²) in [5, 5.41) is 1.03. The lowest BCUT2D eigenvalue weighted by Crippen LogP contribution is -2.04. The normalized spacial score (nSPS) is 10.6. The summed E-state index contributed by atoms with van der Waals surface area (Å²) in [6, 6.07) is 4.83. The van der Waals surface area contributed by atoms with Crippen LogP contribution in [0, 0.1) is 6.92 Å². The summed E-state index contributed by atoms with van der Waals surface area (Å²) < 4.78 is 0. The zero-order valence-corrected chi connectivity index (χ0v) is 11.1. The Morgan fingerprint density at radius 1 is 1.06 bits per heavy atom. The van der Waals surface area contributed by atoms with Gasteiger partial charge >= 0.3 is 0 Å². The molecule has 0 aliphatic carbocycles. The summed E-state index contributed by atoms with van der Waals surface area (Å²) in [4.78, 5) is 14.5. The summed E-state index contributed by atoms with van der Waals surface area (Å²) in [6.45, 7) is 1.74. The molecule has 2 rings (SSSR count). The van der Waals surface area contributed by atoms with Gasteiger partial charge in [0.15, 0.2) is 5.43 Å². The molecule has 0 radical (unpaired) electrons.